The molecule has 7 aliphatic carbocycles. The zero-order valence-corrected chi connectivity index (χ0v) is 23.9. The van der Waals surface area contributed by atoms with E-state index in [-0.39, 0.29) is 16.7 Å². The zero-order valence-electron chi connectivity index (χ0n) is 22.4. The SMILES string of the molecule is O=C(N(CC12CCC(c3nc(C4CC4)no3)(CC1)CC2)c1cccc(-c2cc(Cl)cc(Cl)c2)c1)C12CC(F)(C1)C2. The van der Waals surface area contributed by atoms with Gasteiger partial charge in [-0.2, -0.15) is 4.98 Å². The number of carbonyl (C=O) groups excluding carboxylic acids is 1. The second-order valence-corrected chi connectivity index (χ2v) is 14.4. The second-order valence-electron chi connectivity index (χ2n) is 13.6. The molecule has 0 unspecified atom stereocenters. The Morgan fingerprint density at radius 1 is 0.950 bits per heavy atom. The van der Waals surface area contributed by atoms with Gasteiger partial charge in [0.2, 0.25) is 11.8 Å². The fourth-order valence-electron chi connectivity index (χ4n) is 8.15. The first-order valence-corrected chi connectivity index (χ1v) is 15.4. The molecule has 40 heavy (non-hydrogen) atoms. The van der Waals surface area contributed by atoms with Crippen LogP contribution in [0.4, 0.5) is 10.1 Å². The number of fused-ring (bicyclic) bond motifs is 3. The van der Waals surface area contributed by atoms with Crippen LogP contribution in [0, 0.1) is 10.8 Å². The van der Waals surface area contributed by atoms with Gasteiger partial charge in [0.05, 0.1) is 5.41 Å². The van der Waals surface area contributed by atoms with Crippen LogP contribution in [-0.2, 0) is 10.2 Å². The Kier molecular flexibility index (Phi) is 5.40. The molecule has 7 saturated carbocycles. The van der Waals surface area contributed by atoms with Gasteiger partial charge in [-0.3, -0.25) is 4.79 Å². The first kappa shape index (κ1) is 25.3. The van der Waals surface area contributed by atoms with E-state index < -0.39 is 11.1 Å². The summed E-state index contributed by atoms with van der Waals surface area (Å²) in [5.74, 6) is 2.27. The molecule has 1 amide bonds. The van der Waals surface area contributed by atoms with Crippen molar-refractivity contribution in [2.24, 2.45) is 10.8 Å². The van der Waals surface area contributed by atoms with Gasteiger partial charge < -0.3 is 9.42 Å². The molecule has 7 aliphatic rings. The summed E-state index contributed by atoms with van der Waals surface area (Å²) in [6.45, 7) is 0.653. The van der Waals surface area contributed by atoms with Gasteiger partial charge in [0.15, 0.2) is 5.82 Å². The molecule has 3 aromatic rings. The van der Waals surface area contributed by atoms with Gasteiger partial charge in [-0.25, -0.2) is 4.39 Å². The number of hydrogen-bond acceptors (Lipinski definition) is 4. The smallest absolute Gasteiger partial charge is 0.233 e. The highest BCUT2D eigenvalue weighted by Crippen LogP contribution is 2.70. The lowest BCUT2D eigenvalue weighted by molar-refractivity contribution is -0.211. The molecule has 5 nitrogen and oxygen atoms in total. The maximum Gasteiger partial charge on any atom is 0.233 e. The molecule has 1 heterocycles. The molecular formula is C32H32Cl2FN3O2. The average molecular weight is 581 g/mol. The van der Waals surface area contributed by atoms with Crippen molar-refractivity contribution >= 4 is 34.8 Å². The number of rotatable bonds is 7. The summed E-state index contributed by atoms with van der Waals surface area (Å²) in [4.78, 5) is 21.0. The molecule has 1 aromatic heterocycles. The second kappa shape index (κ2) is 8.54. The number of benzene rings is 2. The molecule has 208 valence electrons. The van der Waals surface area contributed by atoms with E-state index in [1.165, 1.54) is 0 Å². The van der Waals surface area contributed by atoms with Crippen LogP contribution in [0.5, 0.6) is 0 Å². The van der Waals surface area contributed by atoms with Crippen molar-refractivity contribution in [3.63, 3.8) is 0 Å². The summed E-state index contributed by atoms with van der Waals surface area (Å²) in [7, 11) is 0. The summed E-state index contributed by atoms with van der Waals surface area (Å²) >= 11 is 12.6. The topological polar surface area (TPSA) is 59.2 Å². The summed E-state index contributed by atoms with van der Waals surface area (Å²) in [6, 6.07) is 13.6. The number of aromatic nitrogens is 2. The van der Waals surface area contributed by atoms with Crippen LogP contribution in [0.1, 0.15) is 88.3 Å². The Morgan fingerprint density at radius 3 is 2.25 bits per heavy atom. The Labute approximate surface area is 243 Å². The van der Waals surface area contributed by atoms with Crippen LogP contribution in [0.3, 0.4) is 0 Å². The molecule has 4 bridgehead atoms. The van der Waals surface area contributed by atoms with Crippen molar-refractivity contribution < 1.29 is 13.7 Å². The number of halogens is 3. The lowest BCUT2D eigenvalue weighted by Gasteiger charge is -2.65. The van der Waals surface area contributed by atoms with E-state index in [4.69, 9.17) is 32.7 Å². The fraction of sp³-hybridized carbons (Fsp3) is 0.531. The molecule has 10 rings (SSSR count). The first-order valence-electron chi connectivity index (χ1n) is 14.6. The minimum absolute atomic E-state index is 0.0308. The highest BCUT2D eigenvalue weighted by atomic mass is 35.5. The standard InChI is InChI=1S/C32H32Cl2FN3O2/c33-23-12-22(13-24(34)15-23)21-2-1-3-25(14-21)38(28(39)31-16-32(35,17-31)18-31)19-29-6-9-30(10-7-29,11-8-29)27-36-26(37-40-27)20-4-5-20/h1-3,12-15,20H,4-11,16-19H2. The van der Waals surface area contributed by atoms with Gasteiger partial charge in [-0.15, -0.1) is 0 Å². The van der Waals surface area contributed by atoms with E-state index in [1.807, 2.05) is 35.2 Å². The molecule has 0 radical (unpaired) electrons. The van der Waals surface area contributed by atoms with Gasteiger partial charge in [0.1, 0.15) is 5.67 Å². The maximum atomic E-state index is 14.6. The lowest BCUT2D eigenvalue weighted by atomic mass is 9.41. The van der Waals surface area contributed by atoms with Crippen LogP contribution in [0.15, 0.2) is 47.0 Å². The number of anilines is 1. The summed E-state index contributed by atoms with van der Waals surface area (Å²) in [5.41, 5.74) is 1.04. The van der Waals surface area contributed by atoms with Crippen LogP contribution < -0.4 is 4.90 Å². The number of alkyl halides is 1. The molecular weight excluding hydrogens is 548 g/mol. The minimum Gasteiger partial charge on any atom is -0.339 e. The van der Waals surface area contributed by atoms with E-state index in [0.717, 1.165) is 79.9 Å². The Morgan fingerprint density at radius 2 is 1.62 bits per heavy atom. The molecule has 8 heteroatoms. The van der Waals surface area contributed by atoms with Crippen LogP contribution in [0.25, 0.3) is 11.1 Å². The highest BCUT2D eigenvalue weighted by Gasteiger charge is 2.73. The van der Waals surface area contributed by atoms with Gasteiger partial charge in [0.25, 0.3) is 0 Å². The van der Waals surface area contributed by atoms with Crippen molar-refractivity contribution in [2.45, 2.75) is 87.6 Å². The predicted octanol–water partition coefficient (Wildman–Crippen LogP) is 8.44. The van der Waals surface area contributed by atoms with Crippen molar-refractivity contribution in [1.82, 2.24) is 10.1 Å². The van der Waals surface area contributed by atoms with Crippen LogP contribution >= 0.6 is 23.2 Å². The average Bonchev–Trinajstić information content (AvgIpc) is 3.65. The third-order valence-electron chi connectivity index (χ3n) is 10.8. The highest BCUT2D eigenvalue weighted by molar-refractivity contribution is 6.35. The monoisotopic (exact) mass is 579 g/mol. The maximum absolute atomic E-state index is 14.6. The molecule has 0 spiro atoms. The molecule has 0 aliphatic heterocycles. The fourth-order valence-corrected chi connectivity index (χ4v) is 8.67. The predicted molar refractivity (Wildman–Crippen MR) is 152 cm³/mol. The van der Waals surface area contributed by atoms with E-state index in [1.54, 1.807) is 6.07 Å². The number of amides is 1. The number of nitrogens with zero attached hydrogens (tertiary/aromatic N) is 3. The Hall–Kier alpha value is -2.44. The van der Waals surface area contributed by atoms with E-state index in [0.29, 0.717) is 41.8 Å². The zero-order chi connectivity index (χ0) is 27.3. The van der Waals surface area contributed by atoms with Crippen molar-refractivity contribution in [3.05, 3.63) is 64.2 Å². The molecule has 2 aromatic carbocycles. The molecule has 0 N–H and O–H groups in total. The third-order valence-corrected chi connectivity index (χ3v) is 11.2. The van der Waals surface area contributed by atoms with Crippen molar-refractivity contribution in [3.8, 4) is 11.1 Å². The van der Waals surface area contributed by atoms with Gasteiger partial charge in [0, 0.05) is 33.6 Å². The van der Waals surface area contributed by atoms with Gasteiger partial charge in [-0.1, -0.05) is 40.5 Å². The lowest BCUT2D eigenvalue weighted by Crippen LogP contribution is -2.71. The summed E-state index contributed by atoms with van der Waals surface area (Å²) in [5, 5.41) is 5.44. The van der Waals surface area contributed by atoms with Crippen molar-refractivity contribution in [1.29, 1.82) is 0 Å². The summed E-state index contributed by atoms with van der Waals surface area (Å²) in [6.07, 6.45) is 9.44. The quantitative estimate of drug-likeness (QED) is 0.282. The number of hydrogen-bond donors (Lipinski definition) is 0. The number of carbonyl (C=O) groups is 1. The molecule has 0 atom stereocenters. The van der Waals surface area contributed by atoms with Crippen LogP contribution in [-0.4, -0.2) is 28.3 Å². The van der Waals surface area contributed by atoms with E-state index in [2.05, 4.69) is 11.2 Å². The summed E-state index contributed by atoms with van der Waals surface area (Å²) < 4.78 is 20.4. The van der Waals surface area contributed by atoms with Crippen LogP contribution in [0.2, 0.25) is 10.0 Å². The molecule has 0 saturated heterocycles. The minimum atomic E-state index is -1.13. The Bertz CT molecular complexity index is 1470. The van der Waals surface area contributed by atoms with Gasteiger partial charge >= 0.3 is 0 Å². The van der Waals surface area contributed by atoms with E-state index >= 15 is 0 Å². The third kappa shape index (κ3) is 3.96. The normalized spacial score (nSPS) is 33.8. The van der Waals surface area contributed by atoms with Gasteiger partial charge in [-0.05, 0) is 118 Å². The Balaban J connectivity index is 1.08. The van der Waals surface area contributed by atoms with E-state index in [9.17, 15) is 9.18 Å². The largest absolute Gasteiger partial charge is 0.339 e. The van der Waals surface area contributed by atoms with Crippen molar-refractivity contribution in [2.75, 3.05) is 11.4 Å². The first-order chi connectivity index (χ1) is 19.2. The molecule has 7 fully saturated rings.